The number of rotatable bonds is 11. The molecule has 0 radical (unpaired) electrons. The van der Waals surface area contributed by atoms with E-state index in [4.69, 9.17) is 9.47 Å². The van der Waals surface area contributed by atoms with Gasteiger partial charge in [-0.05, 0) is 37.5 Å². The average Bonchev–Trinajstić information content (AvgIpc) is 3.02. The van der Waals surface area contributed by atoms with Crippen LogP contribution in [-0.2, 0) is 24.8 Å². The van der Waals surface area contributed by atoms with Crippen molar-refractivity contribution in [2.45, 2.75) is 33.2 Å². The van der Waals surface area contributed by atoms with E-state index in [1.54, 1.807) is 7.11 Å². The first-order valence-electron chi connectivity index (χ1n) is 9.71. The quantitative estimate of drug-likeness (QED) is 0.347. The van der Waals surface area contributed by atoms with Crippen molar-refractivity contribution in [2.75, 3.05) is 33.4 Å². The van der Waals surface area contributed by atoms with E-state index >= 15 is 0 Å². The third kappa shape index (κ3) is 7.19. The Morgan fingerprint density at radius 3 is 2.71 bits per heavy atom. The highest BCUT2D eigenvalue weighted by Crippen LogP contribution is 2.13. The van der Waals surface area contributed by atoms with Gasteiger partial charge >= 0.3 is 0 Å². The van der Waals surface area contributed by atoms with Gasteiger partial charge in [0, 0.05) is 27.2 Å². The Labute approximate surface area is 167 Å². The first kappa shape index (κ1) is 21.7. The molecule has 1 aromatic heterocycles. The molecule has 1 heterocycles. The maximum absolute atomic E-state index is 5.70. The molecular weight excluding hydrogens is 356 g/mol. The van der Waals surface area contributed by atoms with E-state index in [0.717, 1.165) is 49.4 Å². The molecule has 2 N–H and O–H groups in total. The first-order valence-corrected chi connectivity index (χ1v) is 9.71. The van der Waals surface area contributed by atoms with E-state index in [0.29, 0.717) is 19.7 Å². The number of aromatic nitrogens is 3. The van der Waals surface area contributed by atoms with E-state index in [-0.39, 0.29) is 0 Å². The molecule has 0 aliphatic heterocycles. The predicted octanol–water partition coefficient (Wildman–Crippen LogP) is 1.84. The summed E-state index contributed by atoms with van der Waals surface area (Å²) in [5, 5.41) is 14.9. The summed E-state index contributed by atoms with van der Waals surface area (Å²) in [7, 11) is 3.63. The third-order valence-corrected chi connectivity index (χ3v) is 4.24. The summed E-state index contributed by atoms with van der Waals surface area (Å²) in [4.78, 5) is 4.62. The van der Waals surface area contributed by atoms with E-state index < -0.39 is 0 Å². The first-order chi connectivity index (χ1) is 13.6. The number of benzene rings is 1. The molecule has 8 heteroatoms. The van der Waals surface area contributed by atoms with Gasteiger partial charge in [0.15, 0.2) is 11.8 Å². The molecule has 0 aliphatic rings. The topological polar surface area (TPSA) is 85.6 Å². The van der Waals surface area contributed by atoms with Crippen molar-refractivity contribution >= 4 is 5.96 Å². The zero-order chi connectivity index (χ0) is 20.2. The molecule has 0 atom stereocenters. The average molecular weight is 389 g/mol. The fraction of sp³-hybridized carbons (Fsp3) is 0.550. The van der Waals surface area contributed by atoms with Gasteiger partial charge in [-0.2, -0.15) is 0 Å². The second-order valence-electron chi connectivity index (χ2n) is 6.48. The van der Waals surface area contributed by atoms with Crippen LogP contribution >= 0.6 is 0 Å². The van der Waals surface area contributed by atoms with Crippen LogP contribution in [0, 0.1) is 6.92 Å². The molecule has 1 aromatic carbocycles. The van der Waals surface area contributed by atoms with Gasteiger partial charge < -0.3 is 24.7 Å². The second kappa shape index (κ2) is 12.0. The Kier molecular flexibility index (Phi) is 9.27. The third-order valence-electron chi connectivity index (χ3n) is 4.24. The van der Waals surface area contributed by atoms with Crippen LogP contribution < -0.4 is 15.4 Å². The normalized spacial score (nSPS) is 11.5. The summed E-state index contributed by atoms with van der Waals surface area (Å²) in [5.41, 5.74) is 1.22. The summed E-state index contributed by atoms with van der Waals surface area (Å²) >= 11 is 0. The number of aryl methyl sites for hydroxylation is 1. The monoisotopic (exact) mass is 388 g/mol. The lowest BCUT2D eigenvalue weighted by atomic mass is 10.1. The van der Waals surface area contributed by atoms with Gasteiger partial charge in [0.1, 0.15) is 18.1 Å². The molecule has 2 aromatic rings. The van der Waals surface area contributed by atoms with Crippen molar-refractivity contribution in [3.05, 3.63) is 41.5 Å². The molecule has 0 unspecified atom stereocenters. The SMILES string of the molecule is CCCOc1cccc(CCNC(=NCc2nnc(C)n2C)NCCOC)c1. The number of hydrogen-bond donors (Lipinski definition) is 2. The highest BCUT2D eigenvalue weighted by atomic mass is 16.5. The van der Waals surface area contributed by atoms with Crippen molar-refractivity contribution in [2.24, 2.45) is 12.0 Å². The molecule has 0 saturated heterocycles. The predicted molar refractivity (Wildman–Crippen MR) is 111 cm³/mol. The van der Waals surface area contributed by atoms with Crippen LogP contribution in [0.25, 0.3) is 0 Å². The Morgan fingerprint density at radius 2 is 2.00 bits per heavy atom. The fourth-order valence-electron chi connectivity index (χ4n) is 2.52. The van der Waals surface area contributed by atoms with E-state index in [2.05, 4.69) is 44.9 Å². The van der Waals surface area contributed by atoms with Crippen LogP contribution in [0.3, 0.4) is 0 Å². The molecule has 0 bridgehead atoms. The lowest BCUT2D eigenvalue weighted by Crippen LogP contribution is -2.40. The number of nitrogens with zero attached hydrogens (tertiary/aromatic N) is 4. The number of aliphatic imine (C=N–C) groups is 1. The van der Waals surface area contributed by atoms with Crippen LogP contribution in [0.1, 0.15) is 30.6 Å². The number of nitrogens with one attached hydrogen (secondary N) is 2. The highest BCUT2D eigenvalue weighted by molar-refractivity contribution is 5.79. The smallest absolute Gasteiger partial charge is 0.191 e. The van der Waals surface area contributed by atoms with Crippen molar-refractivity contribution in [3.63, 3.8) is 0 Å². The Balaban J connectivity index is 1.91. The molecule has 154 valence electrons. The maximum Gasteiger partial charge on any atom is 0.191 e. The van der Waals surface area contributed by atoms with Crippen LogP contribution in [0.4, 0.5) is 0 Å². The second-order valence-corrected chi connectivity index (χ2v) is 6.48. The molecular formula is C20H32N6O2. The molecule has 0 spiro atoms. The number of ether oxygens (including phenoxy) is 2. The minimum atomic E-state index is 0.458. The molecule has 28 heavy (non-hydrogen) atoms. The van der Waals surface area contributed by atoms with Crippen molar-refractivity contribution in [1.29, 1.82) is 0 Å². The Bertz CT molecular complexity index is 744. The number of hydrogen-bond acceptors (Lipinski definition) is 5. The van der Waals surface area contributed by atoms with E-state index in [9.17, 15) is 0 Å². The van der Waals surface area contributed by atoms with Crippen LogP contribution in [0.5, 0.6) is 5.75 Å². The number of guanidine groups is 1. The molecule has 0 saturated carbocycles. The van der Waals surface area contributed by atoms with Gasteiger partial charge in [-0.1, -0.05) is 19.1 Å². The Hall–Kier alpha value is -2.61. The van der Waals surface area contributed by atoms with Crippen molar-refractivity contribution in [1.82, 2.24) is 25.4 Å². The fourth-order valence-corrected chi connectivity index (χ4v) is 2.52. The van der Waals surface area contributed by atoms with Gasteiger partial charge in [0.2, 0.25) is 0 Å². The van der Waals surface area contributed by atoms with Crippen LogP contribution in [0.2, 0.25) is 0 Å². The van der Waals surface area contributed by atoms with Gasteiger partial charge in [0.05, 0.1) is 13.2 Å². The molecule has 8 nitrogen and oxygen atoms in total. The minimum Gasteiger partial charge on any atom is -0.494 e. The summed E-state index contributed by atoms with van der Waals surface area (Å²) in [5.74, 6) is 3.35. The van der Waals surface area contributed by atoms with Gasteiger partial charge in [-0.15, -0.1) is 10.2 Å². The largest absolute Gasteiger partial charge is 0.494 e. The summed E-state index contributed by atoms with van der Waals surface area (Å²) in [6.45, 7) is 7.28. The number of methoxy groups -OCH3 is 1. The summed E-state index contributed by atoms with van der Waals surface area (Å²) in [6, 6.07) is 8.23. The maximum atomic E-state index is 5.70. The summed E-state index contributed by atoms with van der Waals surface area (Å²) in [6.07, 6.45) is 1.88. The lowest BCUT2D eigenvalue weighted by Gasteiger charge is -2.13. The van der Waals surface area contributed by atoms with Crippen molar-refractivity contribution in [3.8, 4) is 5.75 Å². The zero-order valence-electron chi connectivity index (χ0n) is 17.4. The molecule has 0 aliphatic carbocycles. The molecule has 0 fully saturated rings. The zero-order valence-corrected chi connectivity index (χ0v) is 17.4. The van der Waals surface area contributed by atoms with E-state index in [1.807, 2.05) is 30.7 Å². The van der Waals surface area contributed by atoms with Crippen LogP contribution in [0.15, 0.2) is 29.3 Å². The Morgan fingerprint density at radius 1 is 1.18 bits per heavy atom. The van der Waals surface area contributed by atoms with Gasteiger partial charge in [0.25, 0.3) is 0 Å². The van der Waals surface area contributed by atoms with Crippen molar-refractivity contribution < 1.29 is 9.47 Å². The molecule has 0 amide bonds. The summed E-state index contributed by atoms with van der Waals surface area (Å²) < 4.78 is 12.8. The van der Waals surface area contributed by atoms with Gasteiger partial charge in [-0.3, -0.25) is 0 Å². The highest BCUT2D eigenvalue weighted by Gasteiger charge is 2.05. The minimum absolute atomic E-state index is 0.458. The van der Waals surface area contributed by atoms with E-state index in [1.165, 1.54) is 5.56 Å². The van der Waals surface area contributed by atoms with Gasteiger partial charge in [-0.25, -0.2) is 4.99 Å². The standard InChI is InChI=1S/C20H32N6O2/c1-5-12-28-18-8-6-7-17(14-18)9-10-21-20(22-11-13-27-4)23-15-19-25-24-16(2)26(19)3/h6-8,14H,5,9-13,15H2,1-4H3,(H2,21,22,23). The van der Waals surface area contributed by atoms with Crippen LogP contribution in [-0.4, -0.2) is 54.1 Å². The lowest BCUT2D eigenvalue weighted by molar-refractivity contribution is 0.203. The molecule has 2 rings (SSSR count).